The Balaban J connectivity index is 1.78. The van der Waals surface area contributed by atoms with Gasteiger partial charge in [-0.25, -0.2) is 4.79 Å². The molecule has 8 heteroatoms. The third kappa shape index (κ3) is 3.32. The van der Waals surface area contributed by atoms with Crippen molar-refractivity contribution in [3.05, 3.63) is 24.2 Å². The summed E-state index contributed by atoms with van der Waals surface area (Å²) in [6, 6.07) is 2.35. The van der Waals surface area contributed by atoms with Gasteiger partial charge in [0.05, 0.1) is 12.1 Å². The number of amides is 2. The van der Waals surface area contributed by atoms with E-state index in [1.807, 2.05) is 0 Å². The molecule has 1 aromatic rings. The fourth-order valence-electron chi connectivity index (χ4n) is 1.81. The largest absolute Gasteiger partial charge is 0.480 e. The highest BCUT2D eigenvalue weighted by Crippen LogP contribution is 2.21. The Bertz CT molecular complexity index is 502. The molecule has 0 saturated carbocycles. The molecule has 108 valence electrons. The van der Waals surface area contributed by atoms with E-state index in [4.69, 9.17) is 9.52 Å². The van der Waals surface area contributed by atoms with Gasteiger partial charge in [-0.1, -0.05) is 0 Å². The van der Waals surface area contributed by atoms with Crippen LogP contribution in [-0.2, 0) is 9.59 Å². The molecular weight excluding hydrogens is 284 g/mol. The number of carbonyl (C=O) groups excluding carboxylic acids is 2. The van der Waals surface area contributed by atoms with Crippen LogP contribution in [0.15, 0.2) is 22.8 Å². The van der Waals surface area contributed by atoms with Gasteiger partial charge in [-0.15, -0.1) is 11.8 Å². The van der Waals surface area contributed by atoms with Crippen molar-refractivity contribution >= 4 is 29.5 Å². The van der Waals surface area contributed by atoms with Crippen LogP contribution >= 0.6 is 11.8 Å². The molecule has 2 N–H and O–H groups in total. The summed E-state index contributed by atoms with van der Waals surface area (Å²) in [4.78, 5) is 35.7. The lowest BCUT2D eigenvalue weighted by molar-refractivity contribution is -0.147. The monoisotopic (exact) mass is 298 g/mol. The summed E-state index contributed by atoms with van der Waals surface area (Å²) >= 11 is 1.41. The Morgan fingerprint density at radius 2 is 2.30 bits per heavy atom. The average Bonchev–Trinajstić information content (AvgIpc) is 3.09. The SMILES string of the molecule is O=C(NCCC(=O)N1CSCC1C(=O)O)c1ccco1. The van der Waals surface area contributed by atoms with Gasteiger partial charge in [0.2, 0.25) is 5.91 Å². The lowest BCUT2D eigenvalue weighted by Crippen LogP contribution is -2.42. The number of furan rings is 1. The number of nitrogens with one attached hydrogen (secondary N) is 1. The third-order valence-electron chi connectivity index (χ3n) is 2.86. The first-order valence-corrected chi connectivity index (χ1v) is 7.17. The van der Waals surface area contributed by atoms with Crippen molar-refractivity contribution in [2.24, 2.45) is 0 Å². The minimum absolute atomic E-state index is 0.0663. The van der Waals surface area contributed by atoms with E-state index in [1.54, 1.807) is 6.07 Å². The van der Waals surface area contributed by atoms with Crippen LogP contribution in [0.5, 0.6) is 0 Å². The van der Waals surface area contributed by atoms with Crippen molar-refractivity contribution in [1.82, 2.24) is 10.2 Å². The lowest BCUT2D eigenvalue weighted by Gasteiger charge is -2.20. The van der Waals surface area contributed by atoms with Crippen LogP contribution in [0.3, 0.4) is 0 Å². The fourth-order valence-corrected chi connectivity index (χ4v) is 2.99. The number of rotatable bonds is 5. The van der Waals surface area contributed by atoms with Gasteiger partial charge in [-0.2, -0.15) is 0 Å². The van der Waals surface area contributed by atoms with Crippen LogP contribution in [-0.4, -0.2) is 52.0 Å². The molecule has 0 radical (unpaired) electrons. The van der Waals surface area contributed by atoms with Gasteiger partial charge >= 0.3 is 5.97 Å². The number of nitrogens with zero attached hydrogens (tertiary/aromatic N) is 1. The molecule has 20 heavy (non-hydrogen) atoms. The molecule has 0 aromatic carbocycles. The van der Waals surface area contributed by atoms with Gasteiger partial charge in [0.25, 0.3) is 5.91 Å². The van der Waals surface area contributed by atoms with Gasteiger partial charge in [0.1, 0.15) is 6.04 Å². The van der Waals surface area contributed by atoms with E-state index in [0.717, 1.165) is 0 Å². The number of hydrogen-bond acceptors (Lipinski definition) is 5. The normalized spacial score (nSPS) is 18.0. The second-order valence-electron chi connectivity index (χ2n) is 4.20. The van der Waals surface area contributed by atoms with Gasteiger partial charge in [-0.05, 0) is 12.1 Å². The van der Waals surface area contributed by atoms with Crippen LogP contribution in [0.4, 0.5) is 0 Å². The predicted octanol–water partition coefficient (Wildman–Crippen LogP) is 0.386. The van der Waals surface area contributed by atoms with E-state index in [2.05, 4.69) is 5.32 Å². The molecule has 1 fully saturated rings. The molecule has 1 unspecified atom stereocenters. The maximum Gasteiger partial charge on any atom is 0.327 e. The highest BCUT2D eigenvalue weighted by atomic mass is 32.2. The number of hydrogen-bond donors (Lipinski definition) is 2. The van der Waals surface area contributed by atoms with Crippen molar-refractivity contribution in [2.75, 3.05) is 18.2 Å². The molecule has 0 bridgehead atoms. The van der Waals surface area contributed by atoms with E-state index in [9.17, 15) is 14.4 Å². The fraction of sp³-hybridized carbons (Fsp3) is 0.417. The zero-order valence-electron chi connectivity index (χ0n) is 10.6. The first kappa shape index (κ1) is 14.4. The molecule has 7 nitrogen and oxygen atoms in total. The molecule has 2 amide bonds. The Kier molecular flexibility index (Phi) is 4.67. The third-order valence-corrected chi connectivity index (χ3v) is 3.87. The van der Waals surface area contributed by atoms with Crippen molar-refractivity contribution in [1.29, 1.82) is 0 Å². The minimum atomic E-state index is -0.997. The minimum Gasteiger partial charge on any atom is -0.480 e. The predicted molar refractivity (Wildman–Crippen MR) is 71.3 cm³/mol. The summed E-state index contributed by atoms with van der Waals surface area (Å²) in [5.74, 6) is -0.710. The Labute approximate surface area is 119 Å². The Morgan fingerprint density at radius 1 is 1.50 bits per heavy atom. The van der Waals surface area contributed by atoms with Crippen LogP contribution in [0.2, 0.25) is 0 Å². The molecule has 1 atom stereocenters. The molecule has 1 saturated heterocycles. The Hall–Kier alpha value is -1.96. The molecule has 2 rings (SSSR count). The molecule has 0 aliphatic carbocycles. The molecule has 1 aliphatic rings. The van der Waals surface area contributed by atoms with E-state index in [-0.39, 0.29) is 24.6 Å². The number of carbonyl (C=O) groups is 3. The van der Waals surface area contributed by atoms with E-state index in [0.29, 0.717) is 11.6 Å². The number of carboxylic acid groups (broad SMARTS) is 1. The van der Waals surface area contributed by atoms with E-state index >= 15 is 0 Å². The molecule has 1 aromatic heterocycles. The lowest BCUT2D eigenvalue weighted by atomic mass is 10.2. The average molecular weight is 298 g/mol. The van der Waals surface area contributed by atoms with Crippen LogP contribution < -0.4 is 5.32 Å². The maximum absolute atomic E-state index is 11.9. The van der Waals surface area contributed by atoms with Crippen molar-refractivity contribution in [3.63, 3.8) is 0 Å². The van der Waals surface area contributed by atoms with Gasteiger partial charge in [0, 0.05) is 18.7 Å². The van der Waals surface area contributed by atoms with Gasteiger partial charge in [-0.3, -0.25) is 9.59 Å². The molecule has 0 spiro atoms. The zero-order chi connectivity index (χ0) is 14.5. The zero-order valence-corrected chi connectivity index (χ0v) is 11.4. The summed E-state index contributed by atoms with van der Waals surface area (Å²) in [6.07, 6.45) is 1.45. The van der Waals surface area contributed by atoms with Crippen molar-refractivity contribution in [2.45, 2.75) is 12.5 Å². The molecule has 2 heterocycles. The summed E-state index contributed by atoms with van der Waals surface area (Å²) < 4.78 is 4.91. The quantitative estimate of drug-likeness (QED) is 0.815. The number of carboxylic acids is 1. The first-order chi connectivity index (χ1) is 9.59. The second kappa shape index (κ2) is 6.47. The molecular formula is C12H14N2O5S. The number of aliphatic carboxylic acids is 1. The van der Waals surface area contributed by atoms with E-state index < -0.39 is 17.9 Å². The van der Waals surface area contributed by atoms with Gasteiger partial charge in [0.15, 0.2) is 5.76 Å². The van der Waals surface area contributed by atoms with Crippen LogP contribution in [0, 0.1) is 0 Å². The first-order valence-electron chi connectivity index (χ1n) is 6.01. The second-order valence-corrected chi connectivity index (χ2v) is 5.20. The topological polar surface area (TPSA) is 99.9 Å². The highest BCUT2D eigenvalue weighted by molar-refractivity contribution is 7.99. The summed E-state index contributed by atoms with van der Waals surface area (Å²) in [5, 5.41) is 11.5. The standard InChI is InChI=1S/C12H14N2O5S/c15-10(14-7-20-6-8(14)12(17)18)3-4-13-11(16)9-2-1-5-19-9/h1-2,5,8H,3-4,6-7H2,(H,13,16)(H,17,18). The summed E-state index contributed by atoms with van der Waals surface area (Å²) in [7, 11) is 0. The molecule has 1 aliphatic heterocycles. The number of thioether (sulfide) groups is 1. The van der Waals surface area contributed by atoms with Crippen molar-refractivity contribution in [3.8, 4) is 0 Å². The highest BCUT2D eigenvalue weighted by Gasteiger charge is 2.34. The van der Waals surface area contributed by atoms with Gasteiger partial charge < -0.3 is 19.7 Å². The summed E-state index contributed by atoms with van der Waals surface area (Å²) in [5.41, 5.74) is 0. The van der Waals surface area contributed by atoms with Crippen LogP contribution in [0.25, 0.3) is 0 Å². The van der Waals surface area contributed by atoms with Crippen LogP contribution in [0.1, 0.15) is 17.0 Å². The summed E-state index contributed by atoms with van der Waals surface area (Å²) in [6.45, 7) is 0.145. The van der Waals surface area contributed by atoms with Crippen molar-refractivity contribution < 1.29 is 23.9 Å². The van der Waals surface area contributed by atoms with E-state index in [1.165, 1.54) is 29.0 Å². The smallest absolute Gasteiger partial charge is 0.327 e. The Morgan fingerprint density at radius 3 is 2.95 bits per heavy atom. The maximum atomic E-state index is 11.9.